The summed E-state index contributed by atoms with van der Waals surface area (Å²) < 4.78 is 0. The molecule has 0 aliphatic rings. The van der Waals surface area contributed by atoms with Gasteiger partial charge in [-0.25, -0.2) is 15.0 Å². The summed E-state index contributed by atoms with van der Waals surface area (Å²) in [6.07, 6.45) is 3.72. The van der Waals surface area contributed by atoms with Gasteiger partial charge in [-0.05, 0) is 121 Å². The molecule has 3 aromatic heterocycles. The SMILES string of the molecule is [Ir].[c-]1ccc(-c2cccc(-c3nc(-c4cc(-c5ccccc5)cc(-c5ccccc5)c4)nc(-c4cc(-c5ccccc5)cc(-c5ccccc5)c4)n3)c2)cc1-c1cc2ccccc2cn1.[c-]1ccccc1-c1ccccn1. The Kier molecular flexibility index (Phi) is 15.0. The Bertz CT molecular complexity index is 3790. The third-order valence-electron chi connectivity index (χ3n) is 13.3. The number of benzene rings is 10. The summed E-state index contributed by atoms with van der Waals surface area (Å²) in [5.74, 6) is 1.76. The van der Waals surface area contributed by atoms with Crippen LogP contribution in [0.2, 0.25) is 0 Å². The molecule has 0 amide bonds. The summed E-state index contributed by atoms with van der Waals surface area (Å²) in [6, 6.07) is 101. The van der Waals surface area contributed by atoms with Crippen molar-refractivity contribution in [3.05, 3.63) is 298 Å². The van der Waals surface area contributed by atoms with Crippen LogP contribution in [0.1, 0.15) is 0 Å². The smallest absolute Gasteiger partial charge is 0.164 e. The van der Waals surface area contributed by atoms with Crippen LogP contribution in [0.5, 0.6) is 0 Å². The maximum Gasteiger partial charge on any atom is 0.164 e. The van der Waals surface area contributed by atoms with Crippen molar-refractivity contribution in [1.82, 2.24) is 24.9 Å². The molecule has 0 saturated carbocycles. The van der Waals surface area contributed by atoms with E-state index >= 15 is 0 Å². The second kappa shape index (κ2) is 23.3. The number of fused-ring (bicyclic) bond motifs is 1. The molecule has 6 heteroatoms. The first-order valence-electron chi connectivity index (χ1n) is 25.3. The fourth-order valence-electron chi connectivity index (χ4n) is 9.40. The Morgan fingerprint density at radius 2 is 0.675 bits per heavy atom. The van der Waals surface area contributed by atoms with Crippen LogP contribution in [0.15, 0.2) is 285 Å². The fraction of sp³-hybridized carbons (Fsp3) is 0. The van der Waals surface area contributed by atoms with Gasteiger partial charge in [0.05, 0.1) is 0 Å². The monoisotopic (exact) mass is 1160 g/mol. The quantitative estimate of drug-likeness (QED) is 0.128. The minimum atomic E-state index is 0. The largest absolute Gasteiger partial charge is 0.305 e. The summed E-state index contributed by atoms with van der Waals surface area (Å²) in [6.45, 7) is 0. The molecule has 1 radical (unpaired) electrons. The molecule has 0 aliphatic carbocycles. The van der Waals surface area contributed by atoms with E-state index in [1.54, 1.807) is 6.20 Å². The molecule has 5 nitrogen and oxygen atoms in total. The molecule has 0 unspecified atom stereocenters. The summed E-state index contributed by atoms with van der Waals surface area (Å²) >= 11 is 0. The van der Waals surface area contributed by atoms with Crippen molar-refractivity contribution in [2.45, 2.75) is 0 Å². The van der Waals surface area contributed by atoms with Gasteiger partial charge in [-0.2, -0.15) is 0 Å². The minimum Gasteiger partial charge on any atom is -0.305 e. The molecule has 0 fully saturated rings. The second-order valence-electron chi connectivity index (χ2n) is 18.3. The third-order valence-corrected chi connectivity index (χ3v) is 13.3. The summed E-state index contributed by atoms with van der Waals surface area (Å²) in [5, 5.41) is 2.25. The predicted molar refractivity (Wildman–Crippen MR) is 311 cm³/mol. The van der Waals surface area contributed by atoms with Crippen LogP contribution in [0.4, 0.5) is 0 Å². The van der Waals surface area contributed by atoms with Crippen LogP contribution in [-0.2, 0) is 20.1 Å². The van der Waals surface area contributed by atoms with Crippen LogP contribution in [0.25, 0.3) is 123 Å². The first kappa shape index (κ1) is 49.6. The molecule has 13 rings (SSSR count). The Balaban J connectivity index is 0.000000427. The maximum absolute atomic E-state index is 5.35. The van der Waals surface area contributed by atoms with E-state index in [1.165, 1.54) is 0 Å². The number of nitrogens with zero attached hydrogens (tertiary/aromatic N) is 5. The zero-order chi connectivity index (χ0) is 50.9. The van der Waals surface area contributed by atoms with Crippen LogP contribution >= 0.6 is 0 Å². The van der Waals surface area contributed by atoms with Crippen LogP contribution in [0, 0.1) is 12.1 Å². The van der Waals surface area contributed by atoms with Gasteiger partial charge in [0.15, 0.2) is 17.5 Å². The van der Waals surface area contributed by atoms with Gasteiger partial charge in [-0.15, -0.1) is 71.3 Å². The van der Waals surface area contributed by atoms with E-state index in [-0.39, 0.29) is 20.1 Å². The van der Waals surface area contributed by atoms with Crippen LogP contribution < -0.4 is 0 Å². The predicted octanol–water partition coefficient (Wildman–Crippen LogP) is 17.8. The van der Waals surface area contributed by atoms with E-state index in [2.05, 4.69) is 211 Å². The first-order chi connectivity index (χ1) is 37.6. The van der Waals surface area contributed by atoms with Gasteiger partial charge in [0.2, 0.25) is 0 Å². The molecule has 0 bridgehead atoms. The van der Waals surface area contributed by atoms with Crippen molar-refractivity contribution in [3.8, 4) is 112 Å². The molecular weight excluding hydrogens is 1120 g/mol. The average Bonchev–Trinajstić information content (AvgIpc) is 3.52. The molecule has 13 aromatic rings. The van der Waals surface area contributed by atoms with Crippen molar-refractivity contribution in [2.75, 3.05) is 0 Å². The zero-order valence-electron chi connectivity index (χ0n) is 41.7. The third kappa shape index (κ3) is 11.6. The van der Waals surface area contributed by atoms with Gasteiger partial charge in [-0.1, -0.05) is 182 Å². The summed E-state index contributed by atoms with van der Waals surface area (Å²) in [4.78, 5) is 25.0. The fourth-order valence-corrected chi connectivity index (χ4v) is 9.40. The van der Waals surface area contributed by atoms with Crippen molar-refractivity contribution in [2.24, 2.45) is 0 Å². The zero-order valence-corrected chi connectivity index (χ0v) is 44.1. The number of pyridine rings is 2. The second-order valence-corrected chi connectivity index (χ2v) is 18.3. The molecular formula is C71H47IrN5-2. The Morgan fingerprint density at radius 1 is 0.247 bits per heavy atom. The first-order valence-corrected chi connectivity index (χ1v) is 25.3. The van der Waals surface area contributed by atoms with E-state index in [4.69, 9.17) is 19.9 Å². The van der Waals surface area contributed by atoms with Gasteiger partial charge in [0, 0.05) is 49.2 Å². The normalized spacial score (nSPS) is 10.8. The Labute approximate surface area is 462 Å². The minimum absolute atomic E-state index is 0. The molecule has 3 heterocycles. The standard InChI is InChI=1S/C60H39N4.C11H8N.Ir/c1-5-17-41(18-6-1)51-33-52(42-19-7-2-8-20-42)36-55(35-51)59-62-58(63-60(64-59)56-37-53(43-21-9-3-10-22-43)34-54(38-56)44-23-11-4-12-24-44)49-30-16-28-46(32-49)45-27-15-29-48(31-45)57-39-47-25-13-14-26-50(47)40-61-57;1-2-6-10(7-3-1)11-8-4-5-9-12-11;/h1-28,30-40H;1-6,8-9H;/q2*-1;. The topological polar surface area (TPSA) is 64.5 Å². The van der Waals surface area contributed by atoms with Crippen molar-refractivity contribution >= 4 is 10.8 Å². The summed E-state index contributed by atoms with van der Waals surface area (Å²) in [5.41, 5.74) is 17.4. The van der Waals surface area contributed by atoms with Gasteiger partial charge in [0.25, 0.3) is 0 Å². The van der Waals surface area contributed by atoms with Crippen molar-refractivity contribution in [1.29, 1.82) is 0 Å². The van der Waals surface area contributed by atoms with E-state index in [0.717, 1.165) is 106 Å². The van der Waals surface area contributed by atoms with Gasteiger partial charge >= 0.3 is 0 Å². The van der Waals surface area contributed by atoms with Gasteiger partial charge < -0.3 is 9.97 Å². The summed E-state index contributed by atoms with van der Waals surface area (Å²) in [7, 11) is 0. The number of aromatic nitrogens is 5. The molecule has 0 aliphatic heterocycles. The van der Waals surface area contributed by atoms with E-state index in [9.17, 15) is 0 Å². The van der Waals surface area contributed by atoms with Gasteiger partial charge in [0.1, 0.15) is 0 Å². The van der Waals surface area contributed by atoms with E-state index < -0.39 is 0 Å². The molecule has 0 atom stereocenters. The van der Waals surface area contributed by atoms with Crippen LogP contribution in [-0.4, -0.2) is 24.9 Å². The average molecular weight is 1160 g/mol. The molecule has 10 aromatic carbocycles. The van der Waals surface area contributed by atoms with Crippen LogP contribution in [0.3, 0.4) is 0 Å². The molecule has 0 N–H and O–H groups in total. The van der Waals surface area contributed by atoms with Crippen molar-refractivity contribution < 1.29 is 20.1 Å². The molecule has 0 spiro atoms. The van der Waals surface area contributed by atoms with Crippen molar-refractivity contribution in [3.63, 3.8) is 0 Å². The molecule has 0 saturated heterocycles. The van der Waals surface area contributed by atoms with E-state index in [1.807, 2.05) is 85.1 Å². The number of hydrogen-bond donors (Lipinski definition) is 0. The molecule has 367 valence electrons. The van der Waals surface area contributed by atoms with Gasteiger partial charge in [-0.3, -0.25) is 0 Å². The number of rotatable bonds is 10. The maximum atomic E-state index is 5.35. The Hall–Kier alpha value is -9.58. The number of hydrogen-bond acceptors (Lipinski definition) is 5. The molecule has 77 heavy (non-hydrogen) atoms. The van der Waals surface area contributed by atoms with E-state index in [0.29, 0.717) is 17.5 Å². The Morgan fingerprint density at radius 3 is 1.19 bits per heavy atom.